The standard InChI is InChI=1S/C14H12ClF3N2/c1-9-5-12(13(15)20-7-9)19-8-10-3-2-4-11(6-10)14(16,17)18/h2-7,19H,8H2,1H3. The molecule has 0 spiro atoms. The molecule has 106 valence electrons. The Balaban J connectivity index is 2.13. The third-order valence-corrected chi connectivity index (χ3v) is 3.01. The highest BCUT2D eigenvalue weighted by molar-refractivity contribution is 6.31. The zero-order valence-corrected chi connectivity index (χ0v) is 11.4. The number of nitrogens with one attached hydrogen (secondary N) is 1. The average molecular weight is 301 g/mol. The third kappa shape index (κ3) is 3.63. The van der Waals surface area contributed by atoms with E-state index in [-0.39, 0.29) is 6.54 Å². The number of pyridine rings is 1. The van der Waals surface area contributed by atoms with Crippen molar-refractivity contribution in [2.45, 2.75) is 19.6 Å². The highest BCUT2D eigenvalue weighted by Gasteiger charge is 2.30. The molecule has 0 aliphatic heterocycles. The lowest BCUT2D eigenvalue weighted by Gasteiger charge is -2.11. The van der Waals surface area contributed by atoms with Crippen LogP contribution in [-0.2, 0) is 12.7 Å². The van der Waals surface area contributed by atoms with Gasteiger partial charge >= 0.3 is 6.18 Å². The normalized spacial score (nSPS) is 11.4. The predicted molar refractivity (Wildman–Crippen MR) is 72.8 cm³/mol. The summed E-state index contributed by atoms with van der Waals surface area (Å²) in [6.45, 7) is 2.10. The van der Waals surface area contributed by atoms with Crippen molar-refractivity contribution in [1.29, 1.82) is 0 Å². The summed E-state index contributed by atoms with van der Waals surface area (Å²) in [4.78, 5) is 3.97. The Hall–Kier alpha value is -1.75. The second-order valence-corrected chi connectivity index (χ2v) is 4.76. The van der Waals surface area contributed by atoms with Crippen LogP contribution >= 0.6 is 11.6 Å². The van der Waals surface area contributed by atoms with Crippen LogP contribution in [0.3, 0.4) is 0 Å². The molecule has 1 heterocycles. The predicted octanol–water partition coefficient (Wildman–Crippen LogP) is 4.67. The molecule has 0 atom stereocenters. The molecule has 0 saturated carbocycles. The van der Waals surface area contributed by atoms with Gasteiger partial charge in [-0.2, -0.15) is 13.2 Å². The van der Waals surface area contributed by atoms with Crippen molar-refractivity contribution in [3.05, 3.63) is 58.4 Å². The second kappa shape index (κ2) is 5.71. The number of hydrogen-bond donors (Lipinski definition) is 1. The molecule has 6 heteroatoms. The van der Waals surface area contributed by atoms with Gasteiger partial charge in [-0.3, -0.25) is 0 Å². The molecule has 0 aliphatic rings. The minimum atomic E-state index is -4.33. The fraction of sp³-hybridized carbons (Fsp3) is 0.214. The van der Waals surface area contributed by atoms with Crippen molar-refractivity contribution in [3.63, 3.8) is 0 Å². The molecule has 2 rings (SSSR count). The largest absolute Gasteiger partial charge is 0.416 e. The van der Waals surface area contributed by atoms with Gasteiger partial charge in [-0.15, -0.1) is 0 Å². The number of alkyl halides is 3. The number of anilines is 1. The van der Waals surface area contributed by atoms with Crippen LogP contribution in [0.2, 0.25) is 5.15 Å². The van der Waals surface area contributed by atoms with E-state index in [1.807, 2.05) is 6.92 Å². The van der Waals surface area contributed by atoms with Crippen LogP contribution in [0.15, 0.2) is 36.5 Å². The Morgan fingerprint density at radius 2 is 2.00 bits per heavy atom. The fourth-order valence-electron chi connectivity index (χ4n) is 1.73. The number of aryl methyl sites for hydroxylation is 1. The van der Waals surface area contributed by atoms with Gasteiger partial charge in [0.2, 0.25) is 0 Å². The lowest BCUT2D eigenvalue weighted by molar-refractivity contribution is -0.137. The van der Waals surface area contributed by atoms with Gasteiger partial charge in [0.05, 0.1) is 11.3 Å². The van der Waals surface area contributed by atoms with Crippen molar-refractivity contribution < 1.29 is 13.2 Å². The number of halogens is 4. The average Bonchev–Trinajstić information content (AvgIpc) is 2.39. The molecule has 0 aliphatic carbocycles. The smallest absolute Gasteiger partial charge is 0.378 e. The quantitative estimate of drug-likeness (QED) is 0.833. The first kappa shape index (κ1) is 14.7. The molecule has 1 N–H and O–H groups in total. The Bertz CT molecular complexity index is 612. The van der Waals surface area contributed by atoms with Crippen LogP contribution in [0.4, 0.5) is 18.9 Å². The topological polar surface area (TPSA) is 24.9 Å². The Morgan fingerprint density at radius 3 is 2.70 bits per heavy atom. The van der Waals surface area contributed by atoms with E-state index in [1.165, 1.54) is 6.07 Å². The van der Waals surface area contributed by atoms with Crippen molar-refractivity contribution >= 4 is 17.3 Å². The summed E-state index contributed by atoms with van der Waals surface area (Å²) in [6, 6.07) is 6.97. The Kier molecular flexibility index (Phi) is 4.18. The first-order chi connectivity index (χ1) is 9.36. The van der Waals surface area contributed by atoms with E-state index in [4.69, 9.17) is 11.6 Å². The number of benzene rings is 1. The van der Waals surface area contributed by atoms with E-state index in [1.54, 1.807) is 18.3 Å². The summed E-state index contributed by atoms with van der Waals surface area (Å²) in [5, 5.41) is 3.28. The SMILES string of the molecule is Cc1cnc(Cl)c(NCc2cccc(C(F)(F)F)c2)c1. The number of aromatic nitrogens is 1. The molecule has 0 saturated heterocycles. The molecule has 0 radical (unpaired) electrons. The molecule has 1 aromatic carbocycles. The lowest BCUT2D eigenvalue weighted by atomic mass is 10.1. The molecule has 2 aromatic rings. The van der Waals surface area contributed by atoms with E-state index in [2.05, 4.69) is 10.3 Å². The van der Waals surface area contributed by atoms with E-state index in [0.717, 1.165) is 17.7 Å². The highest BCUT2D eigenvalue weighted by Crippen LogP contribution is 2.29. The fourth-order valence-corrected chi connectivity index (χ4v) is 1.90. The Morgan fingerprint density at radius 1 is 1.25 bits per heavy atom. The van der Waals surface area contributed by atoms with Crippen LogP contribution in [0.25, 0.3) is 0 Å². The summed E-state index contributed by atoms with van der Waals surface area (Å²) >= 11 is 5.91. The van der Waals surface area contributed by atoms with Crippen molar-refractivity contribution in [3.8, 4) is 0 Å². The van der Waals surface area contributed by atoms with Crippen molar-refractivity contribution in [2.24, 2.45) is 0 Å². The van der Waals surface area contributed by atoms with Crippen LogP contribution in [0, 0.1) is 6.92 Å². The number of nitrogens with zero attached hydrogens (tertiary/aromatic N) is 1. The van der Waals surface area contributed by atoms with Gasteiger partial charge < -0.3 is 5.32 Å². The molecular formula is C14H12ClF3N2. The minimum absolute atomic E-state index is 0.245. The minimum Gasteiger partial charge on any atom is -0.378 e. The van der Waals surface area contributed by atoms with Crippen LogP contribution < -0.4 is 5.32 Å². The first-order valence-electron chi connectivity index (χ1n) is 5.88. The zero-order valence-electron chi connectivity index (χ0n) is 10.6. The highest BCUT2D eigenvalue weighted by atomic mass is 35.5. The zero-order chi connectivity index (χ0) is 14.8. The lowest BCUT2D eigenvalue weighted by Crippen LogP contribution is -2.07. The Labute approximate surface area is 119 Å². The first-order valence-corrected chi connectivity index (χ1v) is 6.26. The molecule has 1 aromatic heterocycles. The van der Waals surface area contributed by atoms with Gasteiger partial charge in [0, 0.05) is 12.7 Å². The molecule has 0 bridgehead atoms. The van der Waals surface area contributed by atoms with E-state index >= 15 is 0 Å². The van der Waals surface area contributed by atoms with Gasteiger partial charge in [-0.1, -0.05) is 23.7 Å². The summed E-state index contributed by atoms with van der Waals surface area (Å²) in [5.41, 5.74) is 1.38. The number of hydrogen-bond acceptors (Lipinski definition) is 2. The van der Waals surface area contributed by atoms with Gasteiger partial charge in [0.1, 0.15) is 0 Å². The maximum atomic E-state index is 12.6. The second-order valence-electron chi connectivity index (χ2n) is 4.40. The van der Waals surface area contributed by atoms with Gasteiger partial charge in [-0.05, 0) is 36.2 Å². The summed E-state index contributed by atoms with van der Waals surface area (Å²) in [5.74, 6) is 0. The van der Waals surface area contributed by atoms with Crippen LogP contribution in [0.1, 0.15) is 16.7 Å². The summed E-state index contributed by atoms with van der Waals surface area (Å²) < 4.78 is 37.8. The van der Waals surface area contributed by atoms with Crippen molar-refractivity contribution in [1.82, 2.24) is 4.98 Å². The van der Waals surface area contributed by atoms with Gasteiger partial charge in [0.25, 0.3) is 0 Å². The maximum absolute atomic E-state index is 12.6. The maximum Gasteiger partial charge on any atom is 0.416 e. The molecule has 0 fully saturated rings. The molecule has 0 amide bonds. The molecule has 0 unspecified atom stereocenters. The van der Waals surface area contributed by atoms with Crippen molar-refractivity contribution in [2.75, 3.05) is 5.32 Å². The third-order valence-electron chi connectivity index (χ3n) is 2.71. The monoisotopic (exact) mass is 300 g/mol. The van der Waals surface area contributed by atoms with Gasteiger partial charge in [0.15, 0.2) is 5.15 Å². The summed E-state index contributed by atoms with van der Waals surface area (Å²) in [7, 11) is 0. The van der Waals surface area contributed by atoms with E-state index in [0.29, 0.717) is 16.4 Å². The van der Waals surface area contributed by atoms with E-state index < -0.39 is 11.7 Å². The molecular weight excluding hydrogens is 289 g/mol. The molecule has 20 heavy (non-hydrogen) atoms. The van der Waals surface area contributed by atoms with Gasteiger partial charge in [-0.25, -0.2) is 4.98 Å². The molecule has 2 nitrogen and oxygen atoms in total. The van der Waals surface area contributed by atoms with Crippen LogP contribution in [-0.4, -0.2) is 4.98 Å². The number of rotatable bonds is 3. The van der Waals surface area contributed by atoms with E-state index in [9.17, 15) is 13.2 Å². The van der Waals surface area contributed by atoms with Crippen LogP contribution in [0.5, 0.6) is 0 Å². The summed E-state index contributed by atoms with van der Waals surface area (Å²) in [6.07, 6.45) is -2.71.